The topological polar surface area (TPSA) is 65.6 Å². The summed E-state index contributed by atoms with van der Waals surface area (Å²) in [5.74, 6) is -0.431. The molecule has 6 nitrogen and oxygen atoms in total. The third-order valence-corrected chi connectivity index (χ3v) is 5.72. The van der Waals surface area contributed by atoms with Crippen LogP contribution in [0.5, 0.6) is 0 Å². The van der Waals surface area contributed by atoms with Crippen LogP contribution in [0.1, 0.15) is 39.0 Å². The van der Waals surface area contributed by atoms with Gasteiger partial charge in [-0.25, -0.2) is 4.79 Å². The fourth-order valence-corrected chi connectivity index (χ4v) is 4.00. The second-order valence-electron chi connectivity index (χ2n) is 7.16. The van der Waals surface area contributed by atoms with E-state index in [4.69, 9.17) is 16.3 Å². The van der Waals surface area contributed by atoms with Crippen LogP contribution >= 0.6 is 11.6 Å². The van der Waals surface area contributed by atoms with Crippen molar-refractivity contribution in [3.8, 4) is 0 Å². The van der Waals surface area contributed by atoms with Gasteiger partial charge in [0.15, 0.2) is 5.78 Å². The number of anilines is 1. The predicted octanol–water partition coefficient (Wildman–Crippen LogP) is 3.46. The number of hydrogen-bond acceptors (Lipinski definition) is 5. The number of Topliss-reactive ketones (excluding diaryl/α,β-unsaturated/α-hetero) is 1. The Kier molecular flexibility index (Phi) is 6.10. The van der Waals surface area contributed by atoms with Gasteiger partial charge in [-0.15, -0.1) is 0 Å². The minimum atomic E-state index is -0.423. The van der Waals surface area contributed by atoms with Gasteiger partial charge in [-0.1, -0.05) is 17.7 Å². The van der Waals surface area contributed by atoms with Gasteiger partial charge < -0.3 is 14.6 Å². The number of ketones is 1. The van der Waals surface area contributed by atoms with Crippen LogP contribution in [0.4, 0.5) is 5.69 Å². The van der Waals surface area contributed by atoms with Crippen LogP contribution in [0.3, 0.4) is 0 Å². The zero-order valence-corrected chi connectivity index (χ0v) is 17.5. The van der Waals surface area contributed by atoms with Gasteiger partial charge in [-0.05, 0) is 44.5 Å². The number of carbonyl (C=O) groups excluding carboxylic acids is 2. The number of benzene rings is 1. The van der Waals surface area contributed by atoms with Gasteiger partial charge >= 0.3 is 5.97 Å². The van der Waals surface area contributed by atoms with Crippen LogP contribution in [0, 0.1) is 13.8 Å². The highest BCUT2D eigenvalue weighted by Gasteiger charge is 2.30. The van der Waals surface area contributed by atoms with Crippen molar-refractivity contribution < 1.29 is 14.3 Å². The van der Waals surface area contributed by atoms with Crippen LogP contribution in [0.15, 0.2) is 24.3 Å². The van der Waals surface area contributed by atoms with Crippen molar-refractivity contribution in [1.29, 1.82) is 0 Å². The maximum absolute atomic E-state index is 13.1. The first-order valence-corrected chi connectivity index (χ1v) is 9.77. The first-order valence-electron chi connectivity index (χ1n) is 9.39. The number of aromatic nitrogens is 1. The lowest BCUT2D eigenvalue weighted by atomic mass is 10.0. The lowest BCUT2D eigenvalue weighted by molar-refractivity contribution is 0.0599. The summed E-state index contributed by atoms with van der Waals surface area (Å²) in [6.45, 7) is 8.70. The quantitative estimate of drug-likeness (QED) is 0.611. The molecule has 0 saturated carbocycles. The third-order valence-electron chi connectivity index (χ3n) is 5.49. The summed E-state index contributed by atoms with van der Waals surface area (Å²) in [6.07, 6.45) is 0. The first kappa shape index (κ1) is 20.4. The number of aryl methyl sites for hydroxylation is 1. The van der Waals surface area contributed by atoms with E-state index in [9.17, 15) is 9.59 Å². The fourth-order valence-electron chi connectivity index (χ4n) is 3.82. The molecule has 1 aliphatic rings. The summed E-state index contributed by atoms with van der Waals surface area (Å²) in [5.41, 5.74) is 3.35. The van der Waals surface area contributed by atoms with E-state index in [1.165, 1.54) is 7.11 Å². The maximum Gasteiger partial charge on any atom is 0.339 e. The molecular formula is C21H26ClN3O3. The Bertz CT molecular complexity index is 885. The van der Waals surface area contributed by atoms with Gasteiger partial charge in [0.2, 0.25) is 0 Å². The molecule has 7 heteroatoms. The number of aromatic amines is 1. The van der Waals surface area contributed by atoms with Gasteiger partial charge in [0.1, 0.15) is 0 Å². The number of nitrogens with zero attached hydrogens (tertiary/aromatic N) is 2. The van der Waals surface area contributed by atoms with Crippen LogP contribution in [0.25, 0.3) is 0 Å². The summed E-state index contributed by atoms with van der Waals surface area (Å²) < 4.78 is 4.83. The first-order chi connectivity index (χ1) is 13.3. The zero-order valence-electron chi connectivity index (χ0n) is 16.7. The molecule has 2 aromatic rings. The molecule has 1 saturated heterocycles. The molecule has 3 rings (SSSR count). The molecule has 0 radical (unpaired) electrons. The molecule has 1 atom stereocenters. The second kappa shape index (κ2) is 8.37. The highest BCUT2D eigenvalue weighted by molar-refractivity contribution is 6.30. The smallest absolute Gasteiger partial charge is 0.339 e. The summed E-state index contributed by atoms with van der Waals surface area (Å²) in [6, 6.07) is 7.56. The molecule has 1 fully saturated rings. The normalized spacial score (nSPS) is 16.1. The highest BCUT2D eigenvalue weighted by atomic mass is 35.5. The Labute approximate surface area is 170 Å². The van der Waals surface area contributed by atoms with E-state index < -0.39 is 5.97 Å². The van der Waals surface area contributed by atoms with Crippen molar-refractivity contribution in [1.82, 2.24) is 9.88 Å². The maximum atomic E-state index is 13.1. The fraction of sp³-hybridized carbons (Fsp3) is 0.429. The molecule has 1 aromatic heterocycles. The summed E-state index contributed by atoms with van der Waals surface area (Å²) in [5, 5.41) is 0.725. The summed E-state index contributed by atoms with van der Waals surface area (Å²) in [7, 11) is 1.34. The number of rotatable bonds is 5. The number of methoxy groups -OCH3 is 1. The number of piperazine rings is 1. The van der Waals surface area contributed by atoms with Crippen molar-refractivity contribution in [2.75, 3.05) is 38.2 Å². The van der Waals surface area contributed by atoms with Crippen LogP contribution in [-0.2, 0) is 4.74 Å². The molecule has 0 spiro atoms. The highest BCUT2D eigenvalue weighted by Crippen LogP contribution is 2.24. The van der Waals surface area contributed by atoms with Crippen molar-refractivity contribution >= 4 is 29.0 Å². The van der Waals surface area contributed by atoms with E-state index in [-0.39, 0.29) is 11.8 Å². The van der Waals surface area contributed by atoms with Crippen LogP contribution < -0.4 is 4.90 Å². The Morgan fingerprint density at radius 1 is 1.18 bits per heavy atom. The Balaban J connectivity index is 1.69. The standard InChI is InChI=1S/C21H26ClN3O3/c1-13-18(21(27)28-4)14(2)23-19(13)20(26)15(3)24-8-10-25(11-9-24)17-7-5-6-16(22)12-17/h5-7,12,15,23H,8-11H2,1-4H3/t15-/m0/s1. The second-order valence-corrected chi connectivity index (χ2v) is 7.60. The summed E-state index contributed by atoms with van der Waals surface area (Å²) in [4.78, 5) is 32.6. The molecule has 1 aromatic carbocycles. The number of esters is 1. The van der Waals surface area contributed by atoms with Crippen molar-refractivity contribution in [2.24, 2.45) is 0 Å². The average Bonchev–Trinajstić information content (AvgIpc) is 3.00. The summed E-state index contributed by atoms with van der Waals surface area (Å²) >= 11 is 6.10. The van der Waals surface area contributed by atoms with E-state index in [1.807, 2.05) is 25.1 Å². The van der Waals surface area contributed by atoms with Crippen molar-refractivity contribution in [3.63, 3.8) is 0 Å². The van der Waals surface area contributed by atoms with Crippen LogP contribution in [-0.4, -0.2) is 61.0 Å². The zero-order chi connectivity index (χ0) is 20.4. The molecule has 0 unspecified atom stereocenters. The molecule has 1 aliphatic heterocycles. The molecule has 28 heavy (non-hydrogen) atoms. The predicted molar refractivity (Wildman–Crippen MR) is 111 cm³/mol. The van der Waals surface area contributed by atoms with E-state index in [0.717, 1.165) is 36.9 Å². The van der Waals surface area contributed by atoms with Gasteiger partial charge in [-0.3, -0.25) is 9.69 Å². The molecule has 150 valence electrons. The average molecular weight is 404 g/mol. The Hall–Kier alpha value is -2.31. The monoisotopic (exact) mass is 403 g/mol. The van der Waals surface area contributed by atoms with E-state index in [0.29, 0.717) is 22.5 Å². The number of ether oxygens (including phenoxy) is 1. The van der Waals surface area contributed by atoms with E-state index in [1.54, 1.807) is 13.8 Å². The number of hydrogen-bond donors (Lipinski definition) is 1. The SMILES string of the molecule is COC(=O)c1c(C)[nH]c(C(=O)[C@H](C)N2CCN(c3cccc(Cl)c3)CC2)c1C. The van der Waals surface area contributed by atoms with E-state index in [2.05, 4.69) is 20.9 Å². The molecule has 2 heterocycles. The van der Waals surface area contributed by atoms with Crippen molar-refractivity contribution in [3.05, 3.63) is 51.8 Å². The van der Waals surface area contributed by atoms with E-state index >= 15 is 0 Å². The van der Waals surface area contributed by atoms with Crippen LogP contribution in [0.2, 0.25) is 5.02 Å². The third kappa shape index (κ3) is 3.93. The number of halogens is 1. The number of H-pyrrole nitrogens is 1. The number of nitrogens with one attached hydrogen (secondary N) is 1. The Morgan fingerprint density at radius 3 is 2.46 bits per heavy atom. The van der Waals surface area contributed by atoms with Gasteiger partial charge in [0, 0.05) is 42.6 Å². The number of carbonyl (C=O) groups is 2. The van der Waals surface area contributed by atoms with Gasteiger partial charge in [0.05, 0.1) is 24.4 Å². The molecular weight excluding hydrogens is 378 g/mol. The largest absolute Gasteiger partial charge is 0.465 e. The molecule has 0 aliphatic carbocycles. The van der Waals surface area contributed by atoms with Gasteiger partial charge in [-0.2, -0.15) is 0 Å². The minimum absolute atomic E-state index is 0.00745. The molecule has 0 bridgehead atoms. The lowest BCUT2D eigenvalue weighted by Gasteiger charge is -2.38. The van der Waals surface area contributed by atoms with Crippen molar-refractivity contribution in [2.45, 2.75) is 26.8 Å². The minimum Gasteiger partial charge on any atom is -0.465 e. The Morgan fingerprint density at radius 2 is 1.86 bits per heavy atom. The van der Waals surface area contributed by atoms with Gasteiger partial charge in [0.25, 0.3) is 0 Å². The lowest BCUT2D eigenvalue weighted by Crippen LogP contribution is -2.51. The molecule has 1 N–H and O–H groups in total. The molecule has 0 amide bonds.